The number of hydrogen-bond donors (Lipinski definition) is 0. The highest BCUT2D eigenvalue weighted by atomic mass is 35.5. The summed E-state index contributed by atoms with van der Waals surface area (Å²) in [5.41, 5.74) is 1.63. The predicted octanol–water partition coefficient (Wildman–Crippen LogP) is 6.29. The van der Waals surface area contributed by atoms with Crippen molar-refractivity contribution in [3.63, 3.8) is 0 Å². The Bertz CT molecular complexity index is 909. The van der Waals surface area contributed by atoms with Gasteiger partial charge in [0.25, 0.3) is 0 Å². The Labute approximate surface area is 164 Å². The molecule has 3 aromatic rings. The summed E-state index contributed by atoms with van der Waals surface area (Å²) in [6.45, 7) is 2.43. The lowest BCUT2D eigenvalue weighted by Gasteiger charge is -2.11. The van der Waals surface area contributed by atoms with Crippen LogP contribution in [0, 0.1) is 0 Å². The highest BCUT2D eigenvalue weighted by Gasteiger charge is 2.10. The van der Waals surface area contributed by atoms with Crippen LogP contribution in [0.5, 0.6) is 23.0 Å². The maximum Gasteiger partial charge on any atom is 0.179 e. The third kappa shape index (κ3) is 5.02. The molecule has 0 bridgehead atoms. The van der Waals surface area contributed by atoms with Crippen molar-refractivity contribution >= 4 is 23.5 Å². The molecule has 0 atom stereocenters. The number of hydrogen-bond acceptors (Lipinski definition) is 4. The molecule has 0 aromatic heterocycles. The summed E-state index contributed by atoms with van der Waals surface area (Å²) in [5, 5.41) is 0.483. The molecule has 0 amide bonds. The van der Waals surface area contributed by atoms with Gasteiger partial charge in [0.2, 0.25) is 0 Å². The van der Waals surface area contributed by atoms with Crippen LogP contribution < -0.4 is 14.2 Å². The first-order chi connectivity index (χ1) is 13.2. The van der Waals surface area contributed by atoms with Crippen LogP contribution in [0.25, 0.3) is 0 Å². The van der Waals surface area contributed by atoms with Crippen molar-refractivity contribution in [3.8, 4) is 23.0 Å². The number of nitrogens with zero attached hydrogens (tertiary/aromatic N) is 1. The molecule has 0 aliphatic carbocycles. The van der Waals surface area contributed by atoms with E-state index < -0.39 is 0 Å². The topological polar surface area (TPSA) is 40.0 Å². The average Bonchev–Trinajstić information content (AvgIpc) is 2.68. The van der Waals surface area contributed by atoms with Crippen molar-refractivity contribution in [2.24, 2.45) is 4.99 Å². The van der Waals surface area contributed by atoms with Crippen molar-refractivity contribution in [2.75, 3.05) is 13.7 Å². The molecule has 3 rings (SSSR count). The normalized spacial score (nSPS) is 10.8. The molecule has 0 aliphatic rings. The summed E-state index contributed by atoms with van der Waals surface area (Å²) in [6.07, 6.45) is 1.74. The second-order valence-electron chi connectivity index (χ2n) is 5.63. The van der Waals surface area contributed by atoms with E-state index in [4.69, 9.17) is 25.8 Å². The van der Waals surface area contributed by atoms with E-state index in [9.17, 15) is 0 Å². The largest absolute Gasteiger partial charge is 0.491 e. The summed E-state index contributed by atoms with van der Waals surface area (Å²) < 4.78 is 16.7. The van der Waals surface area contributed by atoms with Crippen molar-refractivity contribution in [2.45, 2.75) is 6.92 Å². The number of para-hydroxylation sites is 1. The van der Waals surface area contributed by atoms with E-state index >= 15 is 0 Å². The molecule has 0 aliphatic heterocycles. The van der Waals surface area contributed by atoms with Crippen LogP contribution in [0.4, 0.5) is 5.69 Å². The maximum atomic E-state index is 6.27. The number of rotatable bonds is 7. The average molecular weight is 382 g/mol. The second-order valence-corrected chi connectivity index (χ2v) is 6.04. The van der Waals surface area contributed by atoms with Crippen molar-refractivity contribution < 1.29 is 14.2 Å². The second kappa shape index (κ2) is 9.10. The Morgan fingerprint density at radius 2 is 1.67 bits per heavy atom. The molecule has 0 fully saturated rings. The number of methoxy groups -OCH3 is 1. The lowest BCUT2D eigenvalue weighted by molar-refractivity contribution is 0.311. The Morgan fingerprint density at radius 3 is 2.33 bits per heavy atom. The maximum absolute atomic E-state index is 6.27. The molecule has 138 valence electrons. The standard InChI is InChI=1S/C22H20ClNO3/c1-3-26-21-14-16(13-20(23)22(21)25-2)15-24-17-9-11-19(12-10-17)27-18-7-5-4-6-8-18/h4-15H,3H2,1-2H3. The Morgan fingerprint density at radius 1 is 0.963 bits per heavy atom. The molecule has 0 radical (unpaired) electrons. The minimum Gasteiger partial charge on any atom is -0.491 e. The minimum absolute atomic E-state index is 0.483. The van der Waals surface area contributed by atoms with Gasteiger partial charge in [0, 0.05) is 6.21 Å². The zero-order valence-electron chi connectivity index (χ0n) is 15.2. The van der Waals surface area contributed by atoms with E-state index in [1.165, 1.54) is 0 Å². The molecular formula is C22H20ClNO3. The molecule has 0 saturated carbocycles. The van der Waals surface area contributed by atoms with Crippen LogP contribution in [0.2, 0.25) is 5.02 Å². The van der Waals surface area contributed by atoms with Crippen LogP contribution in [0.15, 0.2) is 71.7 Å². The van der Waals surface area contributed by atoms with Crippen LogP contribution in [0.1, 0.15) is 12.5 Å². The van der Waals surface area contributed by atoms with Gasteiger partial charge in [0.15, 0.2) is 11.5 Å². The van der Waals surface area contributed by atoms with Gasteiger partial charge in [-0.05, 0) is 61.0 Å². The molecule has 4 nitrogen and oxygen atoms in total. The summed E-state index contributed by atoms with van der Waals surface area (Å²) in [6, 6.07) is 20.8. The summed E-state index contributed by atoms with van der Waals surface area (Å²) in [4.78, 5) is 4.49. The van der Waals surface area contributed by atoms with Crippen LogP contribution in [-0.4, -0.2) is 19.9 Å². The van der Waals surface area contributed by atoms with Gasteiger partial charge in [-0.15, -0.1) is 0 Å². The number of halogens is 1. The van der Waals surface area contributed by atoms with Crippen molar-refractivity contribution in [1.82, 2.24) is 0 Å². The monoisotopic (exact) mass is 381 g/mol. The van der Waals surface area contributed by atoms with E-state index in [1.54, 1.807) is 19.4 Å². The molecule has 0 heterocycles. The fraction of sp³-hybridized carbons (Fsp3) is 0.136. The number of benzene rings is 3. The SMILES string of the molecule is CCOc1cc(C=Nc2ccc(Oc3ccccc3)cc2)cc(Cl)c1OC. The fourth-order valence-corrected chi connectivity index (χ4v) is 2.79. The first-order valence-corrected chi connectivity index (χ1v) is 8.94. The number of ether oxygens (including phenoxy) is 3. The van der Waals surface area contributed by atoms with Crippen molar-refractivity contribution in [3.05, 3.63) is 77.3 Å². The minimum atomic E-state index is 0.483. The van der Waals surface area contributed by atoms with E-state index in [-0.39, 0.29) is 0 Å². The molecular weight excluding hydrogens is 362 g/mol. The van der Waals surface area contributed by atoms with Gasteiger partial charge >= 0.3 is 0 Å². The molecule has 27 heavy (non-hydrogen) atoms. The summed E-state index contributed by atoms with van der Waals surface area (Å²) >= 11 is 6.27. The Kier molecular flexibility index (Phi) is 6.34. The van der Waals surface area contributed by atoms with Crippen LogP contribution in [0.3, 0.4) is 0 Å². The first-order valence-electron chi connectivity index (χ1n) is 8.57. The highest BCUT2D eigenvalue weighted by Crippen LogP contribution is 2.36. The Hall–Kier alpha value is -2.98. The lowest BCUT2D eigenvalue weighted by Crippen LogP contribution is -1.97. The highest BCUT2D eigenvalue weighted by molar-refractivity contribution is 6.32. The number of aliphatic imine (C=N–C) groups is 1. The third-order valence-corrected chi connectivity index (χ3v) is 3.99. The van der Waals surface area contributed by atoms with Gasteiger partial charge in [-0.25, -0.2) is 0 Å². The molecule has 0 N–H and O–H groups in total. The van der Waals surface area contributed by atoms with E-state index in [0.717, 1.165) is 22.7 Å². The Balaban J connectivity index is 1.74. The third-order valence-electron chi connectivity index (χ3n) is 3.71. The lowest BCUT2D eigenvalue weighted by atomic mass is 10.2. The van der Waals surface area contributed by atoms with Gasteiger partial charge in [0.05, 0.1) is 24.4 Å². The predicted molar refractivity (Wildman–Crippen MR) is 109 cm³/mol. The first kappa shape index (κ1) is 18.8. The van der Waals surface area contributed by atoms with Crippen LogP contribution in [-0.2, 0) is 0 Å². The van der Waals surface area contributed by atoms with E-state index in [0.29, 0.717) is 23.1 Å². The van der Waals surface area contributed by atoms with Gasteiger partial charge in [-0.3, -0.25) is 4.99 Å². The van der Waals surface area contributed by atoms with Gasteiger partial charge in [0.1, 0.15) is 11.5 Å². The molecule has 0 spiro atoms. The zero-order chi connectivity index (χ0) is 19.1. The molecule has 3 aromatic carbocycles. The van der Waals surface area contributed by atoms with Gasteiger partial charge in [-0.1, -0.05) is 29.8 Å². The quantitative estimate of drug-likeness (QED) is 0.451. The molecule has 0 unspecified atom stereocenters. The van der Waals surface area contributed by atoms with Gasteiger partial charge in [-0.2, -0.15) is 0 Å². The zero-order valence-corrected chi connectivity index (χ0v) is 15.9. The molecule has 5 heteroatoms. The van der Waals surface area contributed by atoms with Crippen molar-refractivity contribution in [1.29, 1.82) is 0 Å². The summed E-state index contributed by atoms with van der Waals surface area (Å²) in [5.74, 6) is 2.68. The van der Waals surface area contributed by atoms with E-state index in [1.807, 2.05) is 67.6 Å². The smallest absolute Gasteiger partial charge is 0.179 e. The van der Waals surface area contributed by atoms with Crippen LogP contribution >= 0.6 is 11.6 Å². The fourth-order valence-electron chi connectivity index (χ4n) is 2.50. The summed E-state index contributed by atoms with van der Waals surface area (Å²) in [7, 11) is 1.57. The van der Waals surface area contributed by atoms with Gasteiger partial charge < -0.3 is 14.2 Å². The van der Waals surface area contributed by atoms with E-state index in [2.05, 4.69) is 4.99 Å². The molecule has 0 saturated heterocycles.